The molecule has 0 bridgehead atoms. The largest absolute Gasteiger partial charge is 0.424 e. The Labute approximate surface area is 121 Å². The predicted molar refractivity (Wildman–Crippen MR) is 76.8 cm³/mol. The highest BCUT2D eigenvalue weighted by atomic mass is 16.6. The molecule has 2 aromatic rings. The molecule has 0 amide bonds. The highest BCUT2D eigenvalue weighted by molar-refractivity contribution is 5.49. The molecule has 0 atom stereocenters. The zero-order valence-electron chi connectivity index (χ0n) is 12.2. The standard InChI is InChI=1S/C13H15N5O3/c1-8-10(18(19)20)6-5-7-11(8)21-13-15-9(2)14-12(16-13)17(3)4/h5-7H,1-4H3. The van der Waals surface area contributed by atoms with Crippen LogP contribution in [0.4, 0.5) is 11.6 Å². The van der Waals surface area contributed by atoms with Crippen molar-refractivity contribution in [3.8, 4) is 11.8 Å². The zero-order valence-corrected chi connectivity index (χ0v) is 12.2. The summed E-state index contributed by atoms with van der Waals surface area (Å²) >= 11 is 0. The number of aromatic nitrogens is 3. The highest BCUT2D eigenvalue weighted by Gasteiger charge is 2.16. The molecule has 2 rings (SSSR count). The molecule has 0 aliphatic heterocycles. The molecular weight excluding hydrogens is 274 g/mol. The SMILES string of the molecule is Cc1nc(Oc2cccc([N+](=O)[O-])c2C)nc(N(C)C)n1. The van der Waals surface area contributed by atoms with Gasteiger partial charge in [-0.25, -0.2) is 0 Å². The van der Waals surface area contributed by atoms with E-state index in [9.17, 15) is 10.1 Å². The zero-order chi connectivity index (χ0) is 15.6. The Morgan fingerprint density at radius 2 is 1.90 bits per heavy atom. The molecule has 0 aliphatic rings. The monoisotopic (exact) mass is 289 g/mol. The van der Waals surface area contributed by atoms with E-state index < -0.39 is 4.92 Å². The lowest BCUT2D eigenvalue weighted by Crippen LogP contribution is -2.14. The van der Waals surface area contributed by atoms with E-state index in [0.29, 0.717) is 23.1 Å². The minimum absolute atomic E-state index is 0.00823. The van der Waals surface area contributed by atoms with E-state index in [4.69, 9.17) is 4.74 Å². The third kappa shape index (κ3) is 3.22. The maximum atomic E-state index is 10.9. The maximum Gasteiger partial charge on any atom is 0.327 e. The third-order valence-electron chi connectivity index (χ3n) is 2.77. The number of hydrogen-bond donors (Lipinski definition) is 0. The number of benzene rings is 1. The molecule has 0 N–H and O–H groups in total. The van der Waals surface area contributed by atoms with Crippen molar-refractivity contribution in [3.05, 3.63) is 39.7 Å². The Morgan fingerprint density at radius 3 is 2.52 bits per heavy atom. The van der Waals surface area contributed by atoms with Crippen LogP contribution in [-0.4, -0.2) is 34.0 Å². The van der Waals surface area contributed by atoms with Crippen LogP contribution < -0.4 is 9.64 Å². The molecule has 0 spiro atoms. The Morgan fingerprint density at radius 1 is 1.19 bits per heavy atom. The van der Waals surface area contributed by atoms with Gasteiger partial charge in [-0.15, -0.1) is 0 Å². The lowest BCUT2D eigenvalue weighted by molar-refractivity contribution is -0.385. The fourth-order valence-electron chi connectivity index (χ4n) is 1.70. The molecule has 0 saturated carbocycles. The summed E-state index contributed by atoms with van der Waals surface area (Å²) in [6.45, 7) is 3.34. The van der Waals surface area contributed by atoms with Crippen LogP contribution in [0.15, 0.2) is 18.2 Å². The summed E-state index contributed by atoms with van der Waals surface area (Å²) < 4.78 is 5.58. The molecule has 0 aliphatic carbocycles. The Kier molecular flexibility index (Phi) is 3.97. The van der Waals surface area contributed by atoms with E-state index >= 15 is 0 Å². The Bertz CT molecular complexity index is 688. The number of rotatable bonds is 4. The van der Waals surface area contributed by atoms with Crippen LogP contribution in [0.2, 0.25) is 0 Å². The van der Waals surface area contributed by atoms with Crippen LogP contribution in [0.3, 0.4) is 0 Å². The van der Waals surface area contributed by atoms with E-state index in [1.165, 1.54) is 6.07 Å². The first-order valence-corrected chi connectivity index (χ1v) is 6.20. The molecule has 110 valence electrons. The van der Waals surface area contributed by atoms with Gasteiger partial charge in [0.2, 0.25) is 5.95 Å². The smallest absolute Gasteiger partial charge is 0.327 e. The van der Waals surface area contributed by atoms with E-state index in [2.05, 4.69) is 15.0 Å². The van der Waals surface area contributed by atoms with Crippen molar-refractivity contribution >= 4 is 11.6 Å². The van der Waals surface area contributed by atoms with Gasteiger partial charge in [-0.3, -0.25) is 10.1 Å². The highest BCUT2D eigenvalue weighted by Crippen LogP contribution is 2.29. The Hall–Kier alpha value is -2.77. The van der Waals surface area contributed by atoms with Crippen molar-refractivity contribution in [1.82, 2.24) is 15.0 Å². The number of anilines is 1. The average molecular weight is 289 g/mol. The second-order valence-electron chi connectivity index (χ2n) is 4.62. The van der Waals surface area contributed by atoms with Gasteiger partial charge in [-0.1, -0.05) is 6.07 Å². The van der Waals surface area contributed by atoms with Gasteiger partial charge in [-0.05, 0) is 19.9 Å². The second kappa shape index (κ2) is 5.70. The van der Waals surface area contributed by atoms with E-state index in [0.717, 1.165) is 0 Å². The molecule has 21 heavy (non-hydrogen) atoms. The summed E-state index contributed by atoms with van der Waals surface area (Å²) in [7, 11) is 3.61. The van der Waals surface area contributed by atoms with Crippen molar-refractivity contribution in [3.63, 3.8) is 0 Å². The first-order valence-electron chi connectivity index (χ1n) is 6.20. The third-order valence-corrected chi connectivity index (χ3v) is 2.77. The summed E-state index contributed by atoms with van der Waals surface area (Å²) in [5, 5.41) is 10.9. The van der Waals surface area contributed by atoms with E-state index in [1.807, 2.05) is 0 Å². The van der Waals surface area contributed by atoms with Crippen molar-refractivity contribution in [1.29, 1.82) is 0 Å². The molecular formula is C13H15N5O3. The first kappa shape index (κ1) is 14.6. The van der Waals surface area contributed by atoms with E-state index in [-0.39, 0.29) is 11.7 Å². The number of aryl methyl sites for hydroxylation is 1. The maximum absolute atomic E-state index is 10.9. The predicted octanol–water partition coefficient (Wildman–Crippen LogP) is 2.25. The topological polar surface area (TPSA) is 94.3 Å². The van der Waals surface area contributed by atoms with Crippen LogP contribution in [0.1, 0.15) is 11.4 Å². The summed E-state index contributed by atoms with van der Waals surface area (Å²) in [6, 6.07) is 4.72. The second-order valence-corrected chi connectivity index (χ2v) is 4.62. The molecule has 0 radical (unpaired) electrons. The summed E-state index contributed by atoms with van der Waals surface area (Å²) in [5.41, 5.74) is 0.415. The van der Waals surface area contributed by atoms with E-state index in [1.54, 1.807) is 45.0 Å². The molecule has 1 heterocycles. The number of hydrogen-bond acceptors (Lipinski definition) is 7. The van der Waals surface area contributed by atoms with Crippen LogP contribution in [0.5, 0.6) is 11.8 Å². The molecule has 0 fully saturated rings. The van der Waals surface area contributed by atoms with Crippen molar-refractivity contribution in [2.45, 2.75) is 13.8 Å². The molecule has 8 nitrogen and oxygen atoms in total. The van der Waals surface area contributed by atoms with Crippen molar-refractivity contribution < 1.29 is 9.66 Å². The van der Waals surface area contributed by atoms with Crippen LogP contribution in [0.25, 0.3) is 0 Å². The fourth-order valence-corrected chi connectivity index (χ4v) is 1.70. The van der Waals surface area contributed by atoms with Gasteiger partial charge in [0.25, 0.3) is 5.69 Å². The number of nitro benzene ring substituents is 1. The van der Waals surface area contributed by atoms with Crippen molar-refractivity contribution in [2.75, 3.05) is 19.0 Å². The lowest BCUT2D eigenvalue weighted by atomic mass is 10.2. The van der Waals surface area contributed by atoms with Gasteiger partial charge >= 0.3 is 6.01 Å². The van der Waals surface area contributed by atoms with Gasteiger partial charge in [0.1, 0.15) is 11.6 Å². The quantitative estimate of drug-likeness (QED) is 0.629. The first-order chi connectivity index (χ1) is 9.88. The van der Waals surface area contributed by atoms with Gasteiger partial charge in [0.05, 0.1) is 10.5 Å². The fraction of sp³-hybridized carbons (Fsp3) is 0.308. The minimum Gasteiger partial charge on any atom is -0.424 e. The number of nitro groups is 1. The van der Waals surface area contributed by atoms with Crippen molar-refractivity contribution in [2.24, 2.45) is 0 Å². The van der Waals surface area contributed by atoms with Crippen LogP contribution in [0, 0.1) is 24.0 Å². The number of nitrogens with zero attached hydrogens (tertiary/aromatic N) is 5. The summed E-state index contributed by atoms with van der Waals surface area (Å²) in [4.78, 5) is 24.6. The molecule has 1 aromatic carbocycles. The summed E-state index contributed by atoms with van der Waals surface area (Å²) in [6.07, 6.45) is 0. The molecule has 1 aromatic heterocycles. The van der Waals surface area contributed by atoms with Gasteiger partial charge in [0, 0.05) is 20.2 Å². The summed E-state index contributed by atoms with van der Waals surface area (Å²) in [5.74, 6) is 1.31. The number of ether oxygens (including phenoxy) is 1. The average Bonchev–Trinajstić information content (AvgIpc) is 2.40. The molecule has 8 heteroatoms. The Balaban J connectivity index is 2.39. The van der Waals surface area contributed by atoms with Crippen LogP contribution >= 0.6 is 0 Å². The molecule has 0 unspecified atom stereocenters. The normalized spacial score (nSPS) is 10.3. The lowest BCUT2D eigenvalue weighted by Gasteiger charge is -2.12. The van der Waals surface area contributed by atoms with Gasteiger partial charge in [-0.2, -0.15) is 15.0 Å². The van der Waals surface area contributed by atoms with Gasteiger partial charge in [0.15, 0.2) is 0 Å². The minimum atomic E-state index is -0.452. The molecule has 0 saturated heterocycles. The van der Waals surface area contributed by atoms with Crippen LogP contribution in [-0.2, 0) is 0 Å². The van der Waals surface area contributed by atoms with Gasteiger partial charge < -0.3 is 9.64 Å².